The first kappa shape index (κ1) is 15.7. The van der Waals surface area contributed by atoms with Crippen molar-refractivity contribution in [3.05, 3.63) is 29.6 Å². The Bertz CT molecular complexity index is 458. The summed E-state index contributed by atoms with van der Waals surface area (Å²) in [5.41, 5.74) is 2.44. The highest BCUT2D eigenvalue weighted by atomic mass is 28.4. The number of ether oxygens (including phenoxy) is 1. The molecule has 2 heterocycles. The predicted molar refractivity (Wildman–Crippen MR) is 84.4 cm³/mol. The maximum Gasteiger partial charge on any atom is 0.192 e. The molecule has 1 aliphatic rings. The van der Waals surface area contributed by atoms with E-state index in [4.69, 9.17) is 9.16 Å². The van der Waals surface area contributed by atoms with Crippen LogP contribution in [0.25, 0.3) is 0 Å². The van der Waals surface area contributed by atoms with Gasteiger partial charge in [0.25, 0.3) is 0 Å². The van der Waals surface area contributed by atoms with Crippen molar-refractivity contribution in [1.29, 1.82) is 0 Å². The van der Waals surface area contributed by atoms with Gasteiger partial charge in [0.2, 0.25) is 0 Å². The summed E-state index contributed by atoms with van der Waals surface area (Å²) in [6.45, 7) is 15.8. The number of hydrogen-bond donors (Lipinski definition) is 0. The molecule has 0 N–H and O–H groups in total. The van der Waals surface area contributed by atoms with Gasteiger partial charge in [0.05, 0.1) is 25.5 Å². The average Bonchev–Trinajstić information content (AvgIpc) is 2.33. The van der Waals surface area contributed by atoms with Crippen LogP contribution < -0.4 is 0 Å². The normalized spacial score (nSPS) is 18.7. The van der Waals surface area contributed by atoms with Crippen LogP contribution in [-0.2, 0) is 21.2 Å². The molecule has 4 heteroatoms. The van der Waals surface area contributed by atoms with Crippen molar-refractivity contribution in [2.75, 3.05) is 13.2 Å². The van der Waals surface area contributed by atoms with Crippen LogP contribution in [0.15, 0.2) is 18.3 Å². The van der Waals surface area contributed by atoms with Crippen LogP contribution in [0.2, 0.25) is 18.1 Å². The summed E-state index contributed by atoms with van der Waals surface area (Å²) in [5.74, 6) is 0. The molecule has 0 aromatic carbocycles. The standard InChI is InChI=1S/C16H27NO2Si/c1-15(2,3)20(5,6)19-10-14-8-7-13(9-17-14)16(4)11-18-12-16/h7-9H,10-12H2,1-6H3. The van der Waals surface area contributed by atoms with Gasteiger partial charge in [-0.05, 0) is 29.8 Å². The second-order valence-corrected chi connectivity index (χ2v) is 12.4. The molecule has 2 rings (SSSR count). The fourth-order valence-electron chi connectivity index (χ4n) is 1.91. The van der Waals surface area contributed by atoms with Gasteiger partial charge in [0, 0.05) is 11.6 Å². The summed E-state index contributed by atoms with van der Waals surface area (Å²) >= 11 is 0. The van der Waals surface area contributed by atoms with Gasteiger partial charge < -0.3 is 9.16 Å². The summed E-state index contributed by atoms with van der Waals surface area (Å²) in [6, 6.07) is 4.26. The van der Waals surface area contributed by atoms with Gasteiger partial charge >= 0.3 is 0 Å². The van der Waals surface area contributed by atoms with E-state index in [-0.39, 0.29) is 10.5 Å². The van der Waals surface area contributed by atoms with E-state index in [0.29, 0.717) is 6.61 Å². The zero-order chi connectivity index (χ0) is 15.0. The van der Waals surface area contributed by atoms with E-state index in [1.54, 1.807) is 0 Å². The minimum Gasteiger partial charge on any atom is -0.411 e. The monoisotopic (exact) mass is 293 g/mol. The Labute approximate surface area is 123 Å². The van der Waals surface area contributed by atoms with E-state index >= 15 is 0 Å². The molecule has 20 heavy (non-hydrogen) atoms. The minimum absolute atomic E-state index is 0.159. The Balaban J connectivity index is 1.98. The minimum atomic E-state index is -1.69. The summed E-state index contributed by atoms with van der Waals surface area (Å²) in [5, 5.41) is 0.240. The highest BCUT2D eigenvalue weighted by molar-refractivity contribution is 6.74. The second kappa shape index (κ2) is 5.24. The molecule has 0 saturated carbocycles. The van der Waals surface area contributed by atoms with Crippen molar-refractivity contribution < 1.29 is 9.16 Å². The molecular formula is C16H27NO2Si. The zero-order valence-corrected chi connectivity index (χ0v) is 14.6. The van der Waals surface area contributed by atoms with E-state index in [2.05, 4.69) is 57.9 Å². The molecule has 1 saturated heterocycles. The van der Waals surface area contributed by atoms with Crippen LogP contribution in [-0.4, -0.2) is 26.5 Å². The van der Waals surface area contributed by atoms with Gasteiger partial charge in [-0.25, -0.2) is 0 Å². The van der Waals surface area contributed by atoms with Gasteiger partial charge in [0.1, 0.15) is 0 Å². The molecule has 1 aromatic heterocycles. The van der Waals surface area contributed by atoms with E-state index in [1.165, 1.54) is 5.56 Å². The first-order valence-corrected chi connectivity index (χ1v) is 10.2. The topological polar surface area (TPSA) is 31.4 Å². The molecule has 1 fully saturated rings. The Morgan fingerprint density at radius 1 is 1.30 bits per heavy atom. The van der Waals surface area contributed by atoms with Crippen molar-refractivity contribution in [2.45, 2.75) is 57.8 Å². The third-order valence-corrected chi connectivity index (χ3v) is 9.23. The van der Waals surface area contributed by atoms with E-state index < -0.39 is 8.32 Å². The highest BCUT2D eigenvalue weighted by Crippen LogP contribution is 2.37. The molecule has 1 aliphatic heterocycles. The number of hydrogen-bond acceptors (Lipinski definition) is 3. The van der Waals surface area contributed by atoms with E-state index in [9.17, 15) is 0 Å². The first-order valence-electron chi connectivity index (χ1n) is 7.31. The fraction of sp³-hybridized carbons (Fsp3) is 0.688. The number of rotatable bonds is 4. The Morgan fingerprint density at radius 3 is 2.35 bits per heavy atom. The van der Waals surface area contributed by atoms with Crippen LogP contribution in [0.4, 0.5) is 0 Å². The maximum absolute atomic E-state index is 6.20. The van der Waals surface area contributed by atoms with Crippen LogP contribution in [0.1, 0.15) is 39.0 Å². The quantitative estimate of drug-likeness (QED) is 0.789. The smallest absolute Gasteiger partial charge is 0.192 e. The van der Waals surface area contributed by atoms with Crippen LogP contribution in [0.5, 0.6) is 0 Å². The summed E-state index contributed by atoms with van der Waals surface area (Å²) in [6.07, 6.45) is 1.98. The fourth-order valence-corrected chi connectivity index (χ4v) is 2.85. The Hall–Kier alpha value is -0.713. The van der Waals surface area contributed by atoms with Crippen molar-refractivity contribution in [3.63, 3.8) is 0 Å². The molecular weight excluding hydrogens is 266 g/mol. The Kier molecular flexibility index (Phi) is 4.11. The largest absolute Gasteiger partial charge is 0.411 e. The number of aromatic nitrogens is 1. The molecule has 0 unspecified atom stereocenters. The maximum atomic E-state index is 6.20. The molecule has 0 amide bonds. The van der Waals surface area contributed by atoms with E-state index in [0.717, 1.165) is 18.9 Å². The molecule has 1 aromatic rings. The van der Waals surface area contributed by atoms with Crippen LogP contribution in [0, 0.1) is 0 Å². The van der Waals surface area contributed by atoms with Crippen LogP contribution in [0.3, 0.4) is 0 Å². The SMILES string of the molecule is CC1(c2ccc(CO[Si](C)(C)C(C)(C)C)nc2)COC1. The third kappa shape index (κ3) is 3.13. The van der Waals surface area contributed by atoms with Crippen molar-refractivity contribution in [2.24, 2.45) is 0 Å². The molecule has 0 aliphatic carbocycles. The molecule has 3 nitrogen and oxygen atoms in total. The average molecular weight is 293 g/mol. The molecule has 112 valence electrons. The lowest BCUT2D eigenvalue weighted by molar-refractivity contribution is -0.0501. The summed E-state index contributed by atoms with van der Waals surface area (Å²) in [7, 11) is -1.69. The highest BCUT2D eigenvalue weighted by Gasteiger charge is 2.37. The number of nitrogens with zero attached hydrogens (tertiary/aromatic N) is 1. The molecule has 0 bridgehead atoms. The lowest BCUT2D eigenvalue weighted by Crippen LogP contribution is -2.43. The van der Waals surface area contributed by atoms with Crippen molar-refractivity contribution in [3.8, 4) is 0 Å². The molecule has 0 spiro atoms. The lowest BCUT2D eigenvalue weighted by atomic mass is 9.82. The second-order valence-electron chi connectivity index (χ2n) is 7.64. The van der Waals surface area contributed by atoms with Gasteiger partial charge in [-0.2, -0.15) is 0 Å². The third-order valence-electron chi connectivity index (χ3n) is 4.75. The van der Waals surface area contributed by atoms with Crippen molar-refractivity contribution in [1.82, 2.24) is 4.98 Å². The lowest BCUT2D eigenvalue weighted by Gasteiger charge is -2.38. The molecule has 0 radical (unpaired) electrons. The van der Waals surface area contributed by atoms with Crippen LogP contribution >= 0.6 is 0 Å². The van der Waals surface area contributed by atoms with E-state index in [1.807, 2.05) is 6.20 Å². The van der Waals surface area contributed by atoms with Crippen molar-refractivity contribution >= 4 is 8.32 Å². The summed E-state index contributed by atoms with van der Waals surface area (Å²) in [4.78, 5) is 4.55. The van der Waals surface area contributed by atoms with Gasteiger partial charge in [0.15, 0.2) is 8.32 Å². The number of pyridine rings is 1. The first-order chi connectivity index (χ1) is 9.14. The predicted octanol–water partition coefficient (Wildman–Crippen LogP) is 3.89. The zero-order valence-electron chi connectivity index (χ0n) is 13.6. The Morgan fingerprint density at radius 2 is 1.95 bits per heavy atom. The van der Waals surface area contributed by atoms with Gasteiger partial charge in [-0.3, -0.25) is 4.98 Å². The molecule has 0 atom stereocenters. The summed E-state index contributed by atoms with van der Waals surface area (Å²) < 4.78 is 11.5. The van der Waals surface area contributed by atoms with Gasteiger partial charge in [-0.1, -0.05) is 33.8 Å². The van der Waals surface area contributed by atoms with Gasteiger partial charge in [-0.15, -0.1) is 0 Å².